The van der Waals surface area contributed by atoms with Crippen molar-refractivity contribution in [3.05, 3.63) is 0 Å². The van der Waals surface area contributed by atoms with Crippen molar-refractivity contribution in [2.24, 2.45) is 5.92 Å². The highest BCUT2D eigenvalue weighted by atomic mass is 32.1. The van der Waals surface area contributed by atoms with Gasteiger partial charge in [-0.15, -0.1) is 0 Å². The maximum atomic E-state index is 5.50. The highest BCUT2D eigenvalue weighted by Crippen LogP contribution is 2.08. The Balaban J connectivity index is 3.14. The normalized spacial score (nSPS) is 13.0. The summed E-state index contributed by atoms with van der Waals surface area (Å²) < 4.78 is 15.6. The molecule has 0 N–H and O–H groups in total. The molecule has 1 atom stereocenters. The zero-order chi connectivity index (χ0) is 11.4. The van der Waals surface area contributed by atoms with E-state index in [4.69, 9.17) is 14.2 Å². The van der Waals surface area contributed by atoms with E-state index < -0.39 is 0 Å². The third kappa shape index (κ3) is 10.5. The van der Waals surface area contributed by atoms with E-state index >= 15 is 0 Å². The fourth-order valence-corrected chi connectivity index (χ4v) is 1.54. The molecule has 0 bridgehead atoms. The SMILES string of the molecule is CCCC(CS)COCCOCCOC. The summed E-state index contributed by atoms with van der Waals surface area (Å²) in [6, 6.07) is 0. The van der Waals surface area contributed by atoms with Crippen LogP contribution in [0.1, 0.15) is 19.8 Å². The maximum absolute atomic E-state index is 5.50. The molecule has 0 rings (SSSR count). The van der Waals surface area contributed by atoms with Gasteiger partial charge in [-0.2, -0.15) is 12.6 Å². The van der Waals surface area contributed by atoms with Crippen molar-refractivity contribution in [3.63, 3.8) is 0 Å². The van der Waals surface area contributed by atoms with Gasteiger partial charge in [-0.05, 0) is 18.1 Å². The summed E-state index contributed by atoms with van der Waals surface area (Å²) in [5, 5.41) is 0. The van der Waals surface area contributed by atoms with E-state index in [2.05, 4.69) is 19.6 Å². The Morgan fingerprint density at radius 3 is 2.33 bits per heavy atom. The Morgan fingerprint density at radius 1 is 1.07 bits per heavy atom. The monoisotopic (exact) mass is 236 g/mol. The number of thiol groups is 1. The molecule has 0 aromatic heterocycles. The Labute approximate surface area is 98.9 Å². The second-order valence-electron chi connectivity index (χ2n) is 3.52. The standard InChI is InChI=1S/C11H24O3S/c1-3-4-11(10-15)9-14-8-7-13-6-5-12-2/h11,15H,3-10H2,1-2H3. The smallest absolute Gasteiger partial charge is 0.0701 e. The molecule has 0 fully saturated rings. The molecule has 0 spiro atoms. The van der Waals surface area contributed by atoms with Gasteiger partial charge in [0.2, 0.25) is 0 Å². The Bertz CT molecular complexity index is 122. The van der Waals surface area contributed by atoms with Crippen molar-refractivity contribution >= 4 is 12.6 Å². The van der Waals surface area contributed by atoms with Crippen LogP contribution in [0.5, 0.6) is 0 Å². The highest BCUT2D eigenvalue weighted by molar-refractivity contribution is 7.80. The lowest BCUT2D eigenvalue weighted by Crippen LogP contribution is -2.15. The number of hydrogen-bond donors (Lipinski definition) is 1. The van der Waals surface area contributed by atoms with Crippen LogP contribution in [0.15, 0.2) is 0 Å². The summed E-state index contributed by atoms with van der Waals surface area (Å²) in [6.07, 6.45) is 2.38. The average Bonchev–Trinajstić information content (AvgIpc) is 2.26. The molecule has 3 nitrogen and oxygen atoms in total. The van der Waals surface area contributed by atoms with Gasteiger partial charge in [-0.25, -0.2) is 0 Å². The first-order valence-corrected chi connectivity index (χ1v) is 6.23. The largest absolute Gasteiger partial charge is 0.382 e. The van der Waals surface area contributed by atoms with E-state index in [-0.39, 0.29) is 0 Å². The molecule has 92 valence electrons. The van der Waals surface area contributed by atoms with Crippen LogP contribution >= 0.6 is 12.6 Å². The van der Waals surface area contributed by atoms with Gasteiger partial charge >= 0.3 is 0 Å². The third-order valence-corrected chi connectivity index (χ3v) is 2.63. The van der Waals surface area contributed by atoms with E-state index in [1.807, 2.05) is 0 Å². The molecular weight excluding hydrogens is 212 g/mol. The molecule has 1 unspecified atom stereocenters. The van der Waals surface area contributed by atoms with Crippen molar-refractivity contribution in [1.82, 2.24) is 0 Å². The van der Waals surface area contributed by atoms with Crippen LogP contribution in [-0.4, -0.2) is 45.9 Å². The lowest BCUT2D eigenvalue weighted by Gasteiger charge is -2.13. The first kappa shape index (κ1) is 15.2. The van der Waals surface area contributed by atoms with E-state index in [9.17, 15) is 0 Å². The topological polar surface area (TPSA) is 27.7 Å². The molecule has 0 saturated heterocycles. The Morgan fingerprint density at radius 2 is 1.73 bits per heavy atom. The van der Waals surface area contributed by atoms with Crippen molar-refractivity contribution in [3.8, 4) is 0 Å². The van der Waals surface area contributed by atoms with E-state index in [0.29, 0.717) is 32.3 Å². The van der Waals surface area contributed by atoms with E-state index in [1.165, 1.54) is 12.8 Å². The molecule has 0 aliphatic carbocycles. The van der Waals surface area contributed by atoms with Gasteiger partial charge in [0.15, 0.2) is 0 Å². The van der Waals surface area contributed by atoms with Gasteiger partial charge < -0.3 is 14.2 Å². The van der Waals surface area contributed by atoms with Gasteiger partial charge in [0.05, 0.1) is 33.0 Å². The van der Waals surface area contributed by atoms with Crippen molar-refractivity contribution in [2.45, 2.75) is 19.8 Å². The molecule has 0 aromatic carbocycles. The second kappa shape index (κ2) is 12.3. The molecular formula is C11H24O3S. The lowest BCUT2D eigenvalue weighted by molar-refractivity contribution is 0.0168. The van der Waals surface area contributed by atoms with Crippen LogP contribution in [0, 0.1) is 5.92 Å². The molecule has 15 heavy (non-hydrogen) atoms. The summed E-state index contributed by atoms with van der Waals surface area (Å²) in [5.74, 6) is 1.48. The van der Waals surface area contributed by atoms with Crippen LogP contribution in [0.25, 0.3) is 0 Å². The minimum absolute atomic E-state index is 0.581. The summed E-state index contributed by atoms with van der Waals surface area (Å²) in [6.45, 7) is 5.58. The first-order valence-electron chi connectivity index (χ1n) is 5.60. The van der Waals surface area contributed by atoms with Gasteiger partial charge in [-0.3, -0.25) is 0 Å². The quantitative estimate of drug-likeness (QED) is 0.439. The number of hydrogen-bond acceptors (Lipinski definition) is 4. The second-order valence-corrected chi connectivity index (χ2v) is 3.88. The molecule has 4 heteroatoms. The van der Waals surface area contributed by atoms with Crippen LogP contribution in [0.2, 0.25) is 0 Å². The maximum Gasteiger partial charge on any atom is 0.0701 e. The Hall–Kier alpha value is 0.230. The summed E-state index contributed by atoms with van der Waals surface area (Å²) >= 11 is 4.29. The number of methoxy groups -OCH3 is 1. The van der Waals surface area contributed by atoms with Crippen molar-refractivity contribution in [2.75, 3.05) is 45.9 Å². The molecule has 0 aliphatic heterocycles. The predicted molar refractivity (Wildman–Crippen MR) is 65.8 cm³/mol. The summed E-state index contributed by atoms with van der Waals surface area (Å²) in [4.78, 5) is 0. The van der Waals surface area contributed by atoms with Crippen LogP contribution < -0.4 is 0 Å². The summed E-state index contributed by atoms with van der Waals surface area (Å²) in [5.41, 5.74) is 0. The van der Waals surface area contributed by atoms with Crippen LogP contribution in [0.3, 0.4) is 0 Å². The molecule has 0 radical (unpaired) electrons. The van der Waals surface area contributed by atoms with Crippen molar-refractivity contribution < 1.29 is 14.2 Å². The summed E-state index contributed by atoms with van der Waals surface area (Å²) in [7, 11) is 1.67. The molecule has 0 aliphatic rings. The fourth-order valence-electron chi connectivity index (χ4n) is 1.25. The zero-order valence-electron chi connectivity index (χ0n) is 9.91. The van der Waals surface area contributed by atoms with Gasteiger partial charge in [-0.1, -0.05) is 13.3 Å². The van der Waals surface area contributed by atoms with Gasteiger partial charge in [0.25, 0.3) is 0 Å². The molecule has 0 aromatic rings. The van der Waals surface area contributed by atoms with E-state index in [1.54, 1.807) is 7.11 Å². The fraction of sp³-hybridized carbons (Fsp3) is 1.00. The van der Waals surface area contributed by atoms with Crippen LogP contribution in [-0.2, 0) is 14.2 Å². The third-order valence-electron chi connectivity index (χ3n) is 2.11. The minimum atomic E-state index is 0.581. The molecule has 0 heterocycles. The van der Waals surface area contributed by atoms with Gasteiger partial charge in [0, 0.05) is 7.11 Å². The van der Waals surface area contributed by atoms with Gasteiger partial charge in [0.1, 0.15) is 0 Å². The highest BCUT2D eigenvalue weighted by Gasteiger charge is 2.04. The number of ether oxygens (including phenoxy) is 3. The first-order chi connectivity index (χ1) is 7.35. The zero-order valence-corrected chi connectivity index (χ0v) is 10.8. The molecule has 0 saturated carbocycles. The number of rotatable bonds is 11. The van der Waals surface area contributed by atoms with E-state index in [0.717, 1.165) is 12.4 Å². The Kier molecular flexibility index (Phi) is 12.5. The minimum Gasteiger partial charge on any atom is -0.382 e. The molecule has 0 amide bonds. The van der Waals surface area contributed by atoms with Crippen molar-refractivity contribution in [1.29, 1.82) is 0 Å². The average molecular weight is 236 g/mol. The lowest BCUT2D eigenvalue weighted by atomic mass is 10.1. The van der Waals surface area contributed by atoms with Crippen LogP contribution in [0.4, 0.5) is 0 Å². The predicted octanol–water partition coefficient (Wildman–Crippen LogP) is 2.01.